The lowest BCUT2D eigenvalue weighted by Gasteiger charge is -2.08. The van der Waals surface area contributed by atoms with E-state index in [0.29, 0.717) is 5.56 Å². The summed E-state index contributed by atoms with van der Waals surface area (Å²) in [5, 5.41) is 2.51. The lowest BCUT2D eigenvalue weighted by Crippen LogP contribution is -2.31. The predicted molar refractivity (Wildman–Crippen MR) is 64.7 cm³/mol. The highest BCUT2D eigenvalue weighted by atomic mass is 16.5. The molecule has 1 amide bonds. The van der Waals surface area contributed by atoms with Crippen molar-refractivity contribution in [1.82, 2.24) is 5.32 Å². The number of aryl methyl sites for hydroxylation is 1. The number of carbonyl (C=O) groups is 2. The van der Waals surface area contributed by atoms with Crippen molar-refractivity contribution in [2.24, 2.45) is 0 Å². The summed E-state index contributed by atoms with van der Waals surface area (Å²) in [6.45, 7) is 5.37. The van der Waals surface area contributed by atoms with E-state index in [1.165, 1.54) is 0 Å². The van der Waals surface area contributed by atoms with Crippen molar-refractivity contribution in [2.75, 3.05) is 6.54 Å². The second kappa shape index (κ2) is 6.03. The molecule has 0 aliphatic rings. The Labute approximate surface area is 101 Å². The molecule has 17 heavy (non-hydrogen) atoms. The van der Waals surface area contributed by atoms with Crippen LogP contribution in [-0.2, 0) is 9.53 Å². The first kappa shape index (κ1) is 13.2. The van der Waals surface area contributed by atoms with Crippen molar-refractivity contribution in [3.05, 3.63) is 35.4 Å². The molecule has 0 saturated heterocycles. The maximum absolute atomic E-state index is 11.6. The van der Waals surface area contributed by atoms with Gasteiger partial charge in [-0.3, -0.25) is 9.59 Å². The molecule has 4 nitrogen and oxygen atoms in total. The molecule has 0 unspecified atom stereocenters. The Kier molecular flexibility index (Phi) is 4.69. The van der Waals surface area contributed by atoms with Crippen LogP contribution in [0, 0.1) is 6.92 Å². The first-order valence-electron chi connectivity index (χ1n) is 5.53. The Morgan fingerprint density at radius 1 is 1.24 bits per heavy atom. The topological polar surface area (TPSA) is 55.4 Å². The van der Waals surface area contributed by atoms with Gasteiger partial charge in [-0.2, -0.15) is 0 Å². The molecule has 0 aliphatic carbocycles. The van der Waals surface area contributed by atoms with Crippen LogP contribution in [0.3, 0.4) is 0 Å². The predicted octanol–water partition coefficient (Wildman–Crippen LogP) is 1.68. The van der Waals surface area contributed by atoms with Gasteiger partial charge in [0.05, 0.1) is 6.10 Å². The molecular formula is C13H17NO3. The SMILES string of the molecule is Cc1ccc(C(=O)NCC(=O)OC(C)C)cc1. The molecule has 1 rings (SSSR count). The van der Waals surface area contributed by atoms with E-state index in [0.717, 1.165) is 5.56 Å². The summed E-state index contributed by atoms with van der Waals surface area (Å²) in [7, 11) is 0. The minimum Gasteiger partial charge on any atom is -0.462 e. The van der Waals surface area contributed by atoms with Gasteiger partial charge < -0.3 is 10.1 Å². The zero-order valence-corrected chi connectivity index (χ0v) is 10.3. The largest absolute Gasteiger partial charge is 0.462 e. The van der Waals surface area contributed by atoms with E-state index in [1.54, 1.807) is 26.0 Å². The lowest BCUT2D eigenvalue weighted by atomic mass is 10.1. The van der Waals surface area contributed by atoms with Gasteiger partial charge in [0.1, 0.15) is 6.54 Å². The standard InChI is InChI=1S/C13H17NO3/c1-9(2)17-12(15)8-14-13(16)11-6-4-10(3)5-7-11/h4-7,9H,8H2,1-3H3,(H,14,16). The number of benzene rings is 1. The molecular weight excluding hydrogens is 218 g/mol. The van der Waals surface area contributed by atoms with Crippen LogP contribution in [0.15, 0.2) is 24.3 Å². The molecule has 0 heterocycles. The minimum absolute atomic E-state index is 0.106. The summed E-state index contributed by atoms with van der Waals surface area (Å²) in [6.07, 6.45) is -0.168. The molecule has 0 atom stereocenters. The van der Waals surface area contributed by atoms with Crippen molar-refractivity contribution in [2.45, 2.75) is 26.9 Å². The van der Waals surface area contributed by atoms with Gasteiger partial charge in [0.2, 0.25) is 0 Å². The number of esters is 1. The second-order valence-corrected chi connectivity index (χ2v) is 4.09. The van der Waals surface area contributed by atoms with Crippen molar-refractivity contribution >= 4 is 11.9 Å². The number of carbonyl (C=O) groups excluding carboxylic acids is 2. The summed E-state index contributed by atoms with van der Waals surface area (Å²) in [5.74, 6) is -0.703. The Hall–Kier alpha value is -1.84. The Morgan fingerprint density at radius 3 is 2.35 bits per heavy atom. The Balaban J connectivity index is 2.45. The molecule has 1 N–H and O–H groups in total. The van der Waals surface area contributed by atoms with Crippen LogP contribution in [0.5, 0.6) is 0 Å². The molecule has 0 aromatic heterocycles. The van der Waals surface area contributed by atoms with Crippen molar-refractivity contribution in [3.63, 3.8) is 0 Å². The van der Waals surface area contributed by atoms with Gasteiger partial charge in [0.15, 0.2) is 0 Å². The number of hydrogen-bond acceptors (Lipinski definition) is 3. The summed E-state index contributed by atoms with van der Waals surface area (Å²) in [6, 6.07) is 7.14. The van der Waals surface area contributed by atoms with Crippen LogP contribution in [0.1, 0.15) is 29.8 Å². The molecule has 0 saturated carbocycles. The minimum atomic E-state index is -0.430. The average molecular weight is 235 g/mol. The van der Waals surface area contributed by atoms with E-state index in [9.17, 15) is 9.59 Å². The number of nitrogens with one attached hydrogen (secondary N) is 1. The fourth-order valence-corrected chi connectivity index (χ4v) is 1.26. The summed E-state index contributed by atoms with van der Waals surface area (Å²) < 4.78 is 4.90. The van der Waals surface area contributed by atoms with Crippen LogP contribution in [-0.4, -0.2) is 24.5 Å². The number of amides is 1. The number of ether oxygens (including phenoxy) is 1. The van der Waals surface area contributed by atoms with Crippen LogP contribution in [0.25, 0.3) is 0 Å². The van der Waals surface area contributed by atoms with Crippen LogP contribution < -0.4 is 5.32 Å². The lowest BCUT2D eigenvalue weighted by molar-refractivity contribution is -0.146. The van der Waals surface area contributed by atoms with Gasteiger partial charge in [-0.25, -0.2) is 0 Å². The highest BCUT2D eigenvalue weighted by Crippen LogP contribution is 2.02. The number of rotatable bonds is 4. The fourth-order valence-electron chi connectivity index (χ4n) is 1.26. The van der Waals surface area contributed by atoms with E-state index in [1.807, 2.05) is 19.1 Å². The van der Waals surface area contributed by atoms with Gasteiger partial charge in [-0.1, -0.05) is 17.7 Å². The summed E-state index contributed by atoms with van der Waals surface area (Å²) in [4.78, 5) is 22.8. The molecule has 0 spiro atoms. The fraction of sp³-hybridized carbons (Fsp3) is 0.385. The molecule has 92 valence electrons. The smallest absolute Gasteiger partial charge is 0.325 e. The van der Waals surface area contributed by atoms with E-state index in [2.05, 4.69) is 5.32 Å². The van der Waals surface area contributed by atoms with Gasteiger partial charge in [0, 0.05) is 5.56 Å². The average Bonchev–Trinajstić information content (AvgIpc) is 2.26. The van der Waals surface area contributed by atoms with E-state index < -0.39 is 5.97 Å². The Morgan fingerprint density at radius 2 is 1.82 bits per heavy atom. The van der Waals surface area contributed by atoms with Crippen LogP contribution in [0.4, 0.5) is 0 Å². The van der Waals surface area contributed by atoms with E-state index in [-0.39, 0.29) is 18.6 Å². The third-order valence-corrected chi connectivity index (χ3v) is 2.07. The first-order chi connectivity index (χ1) is 7.99. The van der Waals surface area contributed by atoms with E-state index >= 15 is 0 Å². The van der Waals surface area contributed by atoms with Crippen molar-refractivity contribution < 1.29 is 14.3 Å². The zero-order chi connectivity index (χ0) is 12.8. The van der Waals surface area contributed by atoms with Crippen LogP contribution >= 0.6 is 0 Å². The molecule has 0 fully saturated rings. The monoisotopic (exact) mass is 235 g/mol. The van der Waals surface area contributed by atoms with Gasteiger partial charge >= 0.3 is 5.97 Å². The number of hydrogen-bond donors (Lipinski definition) is 1. The maximum atomic E-state index is 11.6. The molecule has 0 bridgehead atoms. The normalized spacial score (nSPS) is 10.1. The van der Waals surface area contributed by atoms with Gasteiger partial charge in [-0.05, 0) is 32.9 Å². The van der Waals surface area contributed by atoms with Crippen LogP contribution in [0.2, 0.25) is 0 Å². The van der Waals surface area contributed by atoms with Crippen molar-refractivity contribution in [1.29, 1.82) is 0 Å². The molecule has 4 heteroatoms. The van der Waals surface area contributed by atoms with Crippen molar-refractivity contribution in [3.8, 4) is 0 Å². The molecule has 1 aromatic rings. The quantitative estimate of drug-likeness (QED) is 0.808. The summed E-state index contributed by atoms with van der Waals surface area (Å²) >= 11 is 0. The third-order valence-electron chi connectivity index (χ3n) is 2.07. The second-order valence-electron chi connectivity index (χ2n) is 4.09. The van der Waals surface area contributed by atoms with Gasteiger partial charge in [0.25, 0.3) is 5.91 Å². The molecule has 0 radical (unpaired) electrons. The third kappa shape index (κ3) is 4.68. The maximum Gasteiger partial charge on any atom is 0.325 e. The van der Waals surface area contributed by atoms with Gasteiger partial charge in [-0.15, -0.1) is 0 Å². The highest BCUT2D eigenvalue weighted by Gasteiger charge is 2.09. The molecule has 1 aromatic carbocycles. The highest BCUT2D eigenvalue weighted by molar-refractivity contribution is 5.95. The summed E-state index contributed by atoms with van der Waals surface area (Å²) in [5.41, 5.74) is 1.62. The molecule has 0 aliphatic heterocycles. The zero-order valence-electron chi connectivity index (χ0n) is 10.3. The van der Waals surface area contributed by atoms with E-state index in [4.69, 9.17) is 4.74 Å². The Bertz CT molecular complexity index is 396. The first-order valence-corrected chi connectivity index (χ1v) is 5.53.